The van der Waals surface area contributed by atoms with E-state index >= 15 is 0 Å². The van der Waals surface area contributed by atoms with Crippen molar-refractivity contribution in [2.75, 3.05) is 0 Å². The van der Waals surface area contributed by atoms with Gasteiger partial charge in [0.15, 0.2) is 5.65 Å². The highest BCUT2D eigenvalue weighted by Crippen LogP contribution is 2.32. The van der Waals surface area contributed by atoms with Gasteiger partial charge >= 0.3 is 0 Å². The van der Waals surface area contributed by atoms with Gasteiger partial charge in [-0.2, -0.15) is 14.8 Å². The minimum absolute atomic E-state index is 0.245. The lowest BCUT2D eigenvalue weighted by Crippen LogP contribution is -1.98. The van der Waals surface area contributed by atoms with Crippen LogP contribution < -0.4 is 4.74 Å². The van der Waals surface area contributed by atoms with Gasteiger partial charge in [0.2, 0.25) is 11.0 Å². The number of hydrogen-bond donors (Lipinski definition) is 0. The van der Waals surface area contributed by atoms with E-state index in [9.17, 15) is 4.79 Å². The molecular formula is C23H16N4O2S2. The number of rotatable bonds is 7. The minimum Gasteiger partial charge on any atom is -0.409 e. The van der Waals surface area contributed by atoms with Crippen LogP contribution in [0.3, 0.4) is 0 Å². The molecular weight excluding hydrogens is 428 g/mol. The first-order valence-electron chi connectivity index (χ1n) is 9.50. The third-order valence-corrected chi connectivity index (χ3v) is 6.40. The van der Waals surface area contributed by atoms with Crippen LogP contribution in [-0.4, -0.2) is 26.2 Å². The molecule has 0 spiro atoms. The minimum atomic E-state index is 0.245. The van der Waals surface area contributed by atoms with E-state index in [1.54, 1.807) is 21.8 Å². The molecule has 0 aliphatic heterocycles. The van der Waals surface area contributed by atoms with Gasteiger partial charge in [0, 0.05) is 16.7 Å². The molecule has 3 aromatic heterocycles. The molecule has 3 heterocycles. The van der Waals surface area contributed by atoms with Gasteiger partial charge in [-0.25, -0.2) is 4.98 Å². The Labute approximate surface area is 186 Å². The second-order valence-corrected chi connectivity index (χ2v) is 8.44. The fourth-order valence-corrected chi connectivity index (χ4v) is 4.69. The lowest BCUT2D eigenvalue weighted by atomic mass is 10.1. The maximum Gasteiger partial charge on any atom is 0.299 e. The van der Waals surface area contributed by atoms with Crippen LogP contribution in [0.4, 0.5) is 0 Å². The smallest absolute Gasteiger partial charge is 0.299 e. The zero-order valence-corrected chi connectivity index (χ0v) is 17.8. The zero-order valence-electron chi connectivity index (χ0n) is 16.2. The van der Waals surface area contributed by atoms with E-state index < -0.39 is 0 Å². The average Bonchev–Trinajstić information content (AvgIpc) is 3.43. The lowest BCUT2D eigenvalue weighted by molar-refractivity contribution is -0.120. The number of hydrogen-bond acceptors (Lipinski definition) is 7. The van der Waals surface area contributed by atoms with Crippen molar-refractivity contribution in [3.8, 4) is 22.3 Å². The molecule has 0 fully saturated rings. The zero-order chi connectivity index (χ0) is 21.0. The fraction of sp³-hybridized carbons (Fsp3) is 0.0435. The average molecular weight is 445 g/mol. The van der Waals surface area contributed by atoms with Gasteiger partial charge in [0.1, 0.15) is 5.69 Å². The monoisotopic (exact) mass is 444 g/mol. The molecule has 152 valence electrons. The molecule has 0 amide bonds. The van der Waals surface area contributed by atoms with E-state index in [1.165, 1.54) is 16.9 Å². The first kappa shape index (κ1) is 19.5. The molecule has 0 saturated heterocycles. The number of carbonyl (C=O) groups is 1. The molecule has 8 heteroatoms. The summed E-state index contributed by atoms with van der Waals surface area (Å²) in [5.74, 6) is 1.07. The Morgan fingerprint density at radius 1 is 0.968 bits per heavy atom. The van der Waals surface area contributed by atoms with E-state index in [1.807, 2.05) is 54.6 Å². The summed E-state index contributed by atoms with van der Waals surface area (Å²) < 4.78 is 6.59. The first-order chi connectivity index (χ1) is 15.3. The molecule has 2 aromatic carbocycles. The predicted octanol–water partition coefficient (Wildman–Crippen LogP) is 5.37. The number of aromatic nitrogens is 4. The number of pyridine rings is 1. The van der Waals surface area contributed by atoms with Gasteiger partial charge < -0.3 is 4.74 Å². The van der Waals surface area contributed by atoms with Crippen LogP contribution in [0.2, 0.25) is 0 Å². The number of ether oxygens (including phenoxy) is 1. The van der Waals surface area contributed by atoms with Gasteiger partial charge in [-0.3, -0.25) is 4.79 Å². The van der Waals surface area contributed by atoms with Gasteiger partial charge in [0.25, 0.3) is 6.47 Å². The standard InChI is InChI=1S/C23H16N4O2S2/c28-15-29-19-14-31-23(24-19)27-22-18(21(26-27)17-9-5-2-6-10-17)11-12-20(25-22)30-13-16-7-3-1-4-8-16/h1-12,14-15H,13H2. The summed E-state index contributed by atoms with van der Waals surface area (Å²) in [5, 5.41) is 8.91. The van der Waals surface area contributed by atoms with E-state index in [0.717, 1.165) is 27.4 Å². The Hall–Kier alpha value is -3.49. The quantitative estimate of drug-likeness (QED) is 0.248. The van der Waals surface area contributed by atoms with E-state index in [0.29, 0.717) is 17.3 Å². The molecule has 0 N–H and O–H groups in total. The van der Waals surface area contributed by atoms with Gasteiger partial charge in [-0.05, 0) is 17.7 Å². The summed E-state index contributed by atoms with van der Waals surface area (Å²) in [4.78, 5) is 19.9. The summed E-state index contributed by atoms with van der Waals surface area (Å²) in [6.07, 6.45) is 0. The molecule has 0 aliphatic carbocycles. The van der Waals surface area contributed by atoms with Gasteiger partial charge in [-0.1, -0.05) is 72.0 Å². The third-order valence-electron chi connectivity index (χ3n) is 4.60. The van der Waals surface area contributed by atoms with Crippen molar-refractivity contribution in [2.45, 2.75) is 10.8 Å². The molecule has 0 aliphatic rings. The van der Waals surface area contributed by atoms with Crippen LogP contribution >= 0.6 is 23.1 Å². The number of carbonyl (C=O) groups excluding carboxylic acids is 1. The Morgan fingerprint density at radius 2 is 1.74 bits per heavy atom. The molecule has 0 unspecified atom stereocenters. The normalized spacial score (nSPS) is 11.0. The highest BCUT2D eigenvalue weighted by molar-refractivity contribution is 7.98. The van der Waals surface area contributed by atoms with Crippen LogP contribution in [-0.2, 0) is 10.5 Å². The van der Waals surface area contributed by atoms with Crippen LogP contribution in [0.5, 0.6) is 5.88 Å². The largest absolute Gasteiger partial charge is 0.409 e. The summed E-state index contributed by atoms with van der Waals surface area (Å²) >= 11 is 3.01. The van der Waals surface area contributed by atoms with E-state index in [2.05, 4.69) is 23.2 Å². The van der Waals surface area contributed by atoms with Crippen LogP contribution in [0, 0.1) is 0 Å². The summed E-state index contributed by atoms with van der Waals surface area (Å²) in [5.41, 5.74) is 3.78. The van der Waals surface area contributed by atoms with Crippen LogP contribution in [0.15, 0.2) is 83.2 Å². The molecule has 0 atom stereocenters. The van der Waals surface area contributed by atoms with Gasteiger partial charge in [0.05, 0.1) is 10.4 Å². The first-order valence-corrected chi connectivity index (χ1v) is 11.4. The van der Waals surface area contributed by atoms with Crippen LogP contribution in [0.25, 0.3) is 27.4 Å². The number of thioether (sulfide) groups is 1. The molecule has 0 bridgehead atoms. The van der Waals surface area contributed by atoms with E-state index in [4.69, 9.17) is 14.8 Å². The van der Waals surface area contributed by atoms with Crippen LogP contribution in [0.1, 0.15) is 5.56 Å². The topological polar surface area (TPSA) is 69.9 Å². The van der Waals surface area contributed by atoms with Gasteiger partial charge in [-0.15, -0.1) is 11.8 Å². The van der Waals surface area contributed by atoms with E-state index in [-0.39, 0.29) is 5.88 Å². The number of benzene rings is 2. The molecule has 0 radical (unpaired) electrons. The molecule has 6 nitrogen and oxygen atoms in total. The molecule has 31 heavy (non-hydrogen) atoms. The Balaban J connectivity index is 1.58. The molecule has 5 rings (SSSR count). The van der Waals surface area contributed by atoms with Crippen molar-refractivity contribution >= 4 is 40.6 Å². The highest BCUT2D eigenvalue weighted by Gasteiger charge is 2.18. The van der Waals surface area contributed by atoms with Crippen molar-refractivity contribution in [2.24, 2.45) is 0 Å². The Morgan fingerprint density at radius 3 is 2.52 bits per heavy atom. The van der Waals surface area contributed by atoms with Crippen molar-refractivity contribution < 1.29 is 9.53 Å². The van der Waals surface area contributed by atoms with Crippen molar-refractivity contribution in [1.29, 1.82) is 0 Å². The fourth-order valence-electron chi connectivity index (χ4n) is 3.18. The van der Waals surface area contributed by atoms with Crippen molar-refractivity contribution in [1.82, 2.24) is 19.7 Å². The highest BCUT2D eigenvalue weighted by atomic mass is 32.2. The molecule has 5 aromatic rings. The summed E-state index contributed by atoms with van der Waals surface area (Å²) in [6.45, 7) is 0.367. The van der Waals surface area contributed by atoms with Crippen molar-refractivity contribution in [3.63, 3.8) is 0 Å². The lowest BCUT2D eigenvalue weighted by Gasteiger charge is -2.03. The Kier molecular flexibility index (Phi) is 5.47. The number of nitrogens with zero attached hydrogens (tertiary/aromatic N) is 4. The van der Waals surface area contributed by atoms with Crippen molar-refractivity contribution in [3.05, 3.63) is 83.7 Å². The number of thiazole rings is 1. The maximum atomic E-state index is 10.7. The third kappa shape index (κ3) is 4.08. The second-order valence-electron chi connectivity index (χ2n) is 6.60. The second kappa shape index (κ2) is 8.71. The SMILES string of the molecule is O=COc1csc(-n2nc(-c3ccccc3)c3ccc(SCc4ccccc4)nc32)n1. The Bertz CT molecular complexity index is 1330. The summed E-state index contributed by atoms with van der Waals surface area (Å²) in [6, 6.07) is 24.4. The molecule has 0 saturated carbocycles. The maximum absolute atomic E-state index is 10.7. The predicted molar refractivity (Wildman–Crippen MR) is 123 cm³/mol. The number of fused-ring (bicyclic) bond motifs is 1. The summed E-state index contributed by atoms with van der Waals surface area (Å²) in [7, 11) is 0.